The van der Waals surface area contributed by atoms with Crippen LogP contribution in [0.25, 0.3) is 33.4 Å². The zero-order chi connectivity index (χ0) is 90.1. The van der Waals surface area contributed by atoms with E-state index in [2.05, 4.69) is 38.5 Å². The Bertz CT molecular complexity index is 4460. The number of methoxy groups -OCH3 is 3. The number of rotatable bonds is 37. The number of fused-ring (bicyclic) bond motifs is 6. The number of amides is 3. The number of oxazole rings is 1. The summed E-state index contributed by atoms with van der Waals surface area (Å²) in [5.74, 6) is -8.64. The molecule has 7 heterocycles. The van der Waals surface area contributed by atoms with Crippen molar-refractivity contribution in [3.63, 3.8) is 0 Å². The molecule has 3 fully saturated rings. The number of aromatic nitrogens is 5. The maximum Gasteiger partial charge on any atom is 0.407 e. The minimum absolute atomic E-state index is 0.00877. The molecule has 34 nitrogen and oxygen atoms in total. The maximum absolute atomic E-state index is 14.7. The van der Waals surface area contributed by atoms with Gasteiger partial charge in [-0.3, -0.25) is 24.0 Å². The van der Waals surface area contributed by atoms with E-state index in [1.165, 1.54) is 26.1 Å². The number of nitrogens with one attached hydrogen (secondary N) is 1. The fourth-order valence-corrected chi connectivity index (χ4v) is 16.8. The highest BCUT2D eigenvalue weighted by Gasteiger charge is 2.53. The van der Waals surface area contributed by atoms with Crippen molar-refractivity contribution in [1.82, 2.24) is 39.8 Å². The van der Waals surface area contributed by atoms with Crippen LogP contribution >= 0.6 is 0 Å². The van der Waals surface area contributed by atoms with E-state index in [9.17, 15) is 43.8 Å². The van der Waals surface area contributed by atoms with Crippen molar-refractivity contribution in [2.45, 2.75) is 205 Å². The number of cyclic esters (lactones) is 1. The number of aliphatic hydroxyl groups excluding tert-OH is 1. The summed E-state index contributed by atoms with van der Waals surface area (Å²) in [4.78, 5) is 114. The van der Waals surface area contributed by atoms with Gasteiger partial charge >= 0.3 is 12.1 Å². The molecule has 2 aromatic carbocycles. The first-order chi connectivity index (χ1) is 60.9. The molecule has 5 aliphatic rings. The molecule has 2 saturated heterocycles. The van der Waals surface area contributed by atoms with Gasteiger partial charge in [0.25, 0.3) is 17.7 Å². The van der Waals surface area contributed by atoms with Crippen LogP contribution in [0, 0.1) is 29.6 Å². The molecule has 3 aromatic heterocycles. The average Bonchev–Trinajstić information content (AvgIpc) is 0.952. The SMILES string of the molecule is CO[C@H]1C[C@@H]2CC[C@@H](C)[C@@](O)(O2)C(=O)C(=O)N2CCCC[C@H]2C(=O)O[C@H]([C@H](N)C[C@@H]2CC[C@@H](OC(=O)NCCOCCOCCOCCOCCOCCOCCOCCOCCC(=O)N3CCc4cc(Cn5nc(-c6ccc7oc(N)nc7c6)c6cncnc65)ccc4C3)[C@H](OC)C2)CC(=O)[C@H](C)/C=C(\C)[C@@H](O)[C@@H](OC)C(=O)[C@H](C)C[C@H](C)/C=C/C=CC=C1C. The number of nitrogen functional groups attached to an aromatic ring is 1. The predicted molar refractivity (Wildman–Crippen MR) is 465 cm³/mol. The number of esters is 1. The fourth-order valence-electron chi connectivity index (χ4n) is 16.8. The van der Waals surface area contributed by atoms with Crippen LogP contribution in [-0.2, 0) is 115 Å². The lowest BCUT2D eigenvalue weighted by Gasteiger charge is -2.42. The lowest BCUT2D eigenvalue weighted by Crippen LogP contribution is -2.61. The smallest absolute Gasteiger partial charge is 0.407 e. The number of carbonyl (C=O) groups excluding carboxylic acids is 7. The molecule has 34 heteroatoms. The number of hydrogen-bond acceptors (Lipinski definition) is 30. The van der Waals surface area contributed by atoms with Crippen molar-refractivity contribution in [2.75, 3.05) is 152 Å². The van der Waals surface area contributed by atoms with Gasteiger partial charge in [0.15, 0.2) is 17.0 Å². The standard InChI is InChI=1S/C92H132N10O24/c1-59-15-11-10-12-16-60(2)78(112-7)53-70-23-18-64(6)92(111,126-70)86(107)88(108)101-29-14-13-17-74(101)89(109)123-79(54-75(103)61(3)48-63(5)84(106)85(114-9)83(105)62(4)47-59)72(93)50-65-20-24-77(80(51-65)113-8)125-91(110)96-28-32-116-34-36-118-38-40-120-42-44-122-46-45-121-43-41-119-39-37-117-35-33-115-31-27-81(104)100-30-26-67-49-66(19-21-69(67)57-100)56-102-87-71(55-95-58-97-87)82(99-102)68-22-25-76-73(52-68)98-90(94)124-76/h10-12,15-16,19,21-22,25,48-49,52,55,58-59,61-62,64-65,70,72,74,77-80,84-85,106,111H,13-14,17-18,20,23-24,26-47,50-51,53-54,56-57,93H2,1-9H3,(H2,94,98)(H,96,110)/b12-10?,15-11+,60-16?,63-48+/t59-,61-,62-,64-,65+,70+,72-,74+,77-,78+,79+,80-,84-,85+,92-/m1/s1. The third kappa shape index (κ3) is 29.2. The van der Waals surface area contributed by atoms with E-state index in [0.29, 0.717) is 180 Å². The molecule has 0 radical (unpaired) electrons. The number of nitrogens with zero attached hydrogens (tertiary/aromatic N) is 7. The second-order valence-electron chi connectivity index (χ2n) is 33.4. The zero-order valence-corrected chi connectivity index (χ0v) is 74.6. The first-order valence-electron chi connectivity index (χ1n) is 44.4. The van der Waals surface area contributed by atoms with Gasteiger partial charge in [-0.05, 0) is 142 Å². The number of anilines is 1. The van der Waals surface area contributed by atoms with Crippen molar-refractivity contribution in [3.8, 4) is 11.3 Å². The van der Waals surface area contributed by atoms with Crippen LogP contribution < -0.4 is 16.8 Å². The minimum Gasteiger partial charge on any atom is -0.459 e. The molecule has 10 rings (SSSR count). The van der Waals surface area contributed by atoms with E-state index >= 15 is 0 Å². The van der Waals surface area contributed by atoms with E-state index in [1.807, 2.05) is 72.0 Å². The van der Waals surface area contributed by atoms with Gasteiger partial charge in [0.1, 0.15) is 53.8 Å². The second kappa shape index (κ2) is 50.9. The van der Waals surface area contributed by atoms with Gasteiger partial charge in [0, 0.05) is 95.9 Å². The van der Waals surface area contributed by atoms with Crippen LogP contribution in [0.2, 0.25) is 0 Å². The van der Waals surface area contributed by atoms with Crippen molar-refractivity contribution >= 4 is 69.4 Å². The van der Waals surface area contributed by atoms with Crippen LogP contribution in [0.5, 0.6) is 0 Å². The molecule has 4 aliphatic heterocycles. The number of aliphatic hydroxyl groups is 2. The van der Waals surface area contributed by atoms with Crippen LogP contribution in [0.3, 0.4) is 0 Å². The number of benzene rings is 2. The fraction of sp³-hybridized carbons (Fsp3) is 0.641. The number of ether oxygens (including phenoxy) is 14. The Morgan fingerprint density at radius 1 is 0.722 bits per heavy atom. The highest BCUT2D eigenvalue weighted by molar-refractivity contribution is 6.39. The first kappa shape index (κ1) is 99.5. The Morgan fingerprint density at radius 2 is 1.40 bits per heavy atom. The van der Waals surface area contributed by atoms with Crippen molar-refractivity contribution < 1.29 is 115 Å². The third-order valence-corrected chi connectivity index (χ3v) is 24.1. The van der Waals surface area contributed by atoms with E-state index < -0.39 is 108 Å². The highest BCUT2D eigenvalue weighted by atomic mass is 16.6. The molecule has 15 atom stereocenters. The van der Waals surface area contributed by atoms with E-state index in [4.69, 9.17) is 87.3 Å². The number of allylic oxidation sites excluding steroid dienone is 6. The van der Waals surface area contributed by atoms with Gasteiger partial charge in [0.05, 0.1) is 142 Å². The summed E-state index contributed by atoms with van der Waals surface area (Å²) in [7, 11) is 4.44. The number of ketones is 3. The molecule has 2 bridgehead atoms. The van der Waals surface area contributed by atoms with Crippen molar-refractivity contribution in [2.24, 2.45) is 35.3 Å². The lowest BCUT2D eigenvalue weighted by molar-refractivity contribution is -0.265. The molecule has 0 spiro atoms. The minimum atomic E-state index is -2.50. The molecule has 3 amide bonds. The van der Waals surface area contributed by atoms with Gasteiger partial charge in [0.2, 0.25) is 11.7 Å². The number of nitrogens with two attached hydrogens (primary N) is 2. The molecular weight excluding hydrogens is 1630 g/mol. The summed E-state index contributed by atoms with van der Waals surface area (Å²) in [5.41, 5.74) is 21.0. The molecule has 1 saturated carbocycles. The Kier molecular flexibility index (Phi) is 40.2. The quantitative estimate of drug-likeness (QED) is 0.0108. The molecule has 694 valence electrons. The largest absolute Gasteiger partial charge is 0.459 e. The van der Waals surface area contributed by atoms with Gasteiger partial charge in [-0.1, -0.05) is 82.4 Å². The Labute approximate surface area is 737 Å². The molecule has 1 aliphatic carbocycles. The zero-order valence-electron chi connectivity index (χ0n) is 74.6. The predicted octanol–water partition coefficient (Wildman–Crippen LogP) is 8.29. The number of piperidine rings is 1. The number of alkyl carbamates (subject to hydrolysis) is 1. The Balaban J connectivity index is 0.552. The molecule has 0 unspecified atom stereocenters. The first-order valence-corrected chi connectivity index (χ1v) is 44.4. The normalized spacial score (nSPS) is 26.4. The lowest BCUT2D eigenvalue weighted by atomic mass is 9.80. The molecular formula is C92H132N10O24. The van der Waals surface area contributed by atoms with Crippen molar-refractivity contribution in [3.05, 3.63) is 113 Å². The van der Waals surface area contributed by atoms with E-state index in [0.717, 1.165) is 50.3 Å². The van der Waals surface area contributed by atoms with Crippen molar-refractivity contribution in [1.29, 1.82) is 0 Å². The monoisotopic (exact) mass is 1760 g/mol. The van der Waals surface area contributed by atoms with E-state index in [-0.39, 0.29) is 87.9 Å². The number of Topliss-reactive ketones (excluding diaryl/α,β-unsaturated/α-hetero) is 3. The topological polar surface area (TPSA) is 429 Å². The summed E-state index contributed by atoms with van der Waals surface area (Å²) >= 11 is 0. The Morgan fingerprint density at radius 3 is 2.08 bits per heavy atom. The molecule has 7 N–H and O–H groups in total. The van der Waals surface area contributed by atoms with Gasteiger partial charge < -0.3 is 108 Å². The summed E-state index contributed by atoms with van der Waals surface area (Å²) < 4.78 is 88.1. The number of carbonyl (C=O) groups is 7. The summed E-state index contributed by atoms with van der Waals surface area (Å²) in [6.07, 6.45) is 12.5. The van der Waals surface area contributed by atoms with E-state index in [1.54, 1.807) is 47.1 Å². The van der Waals surface area contributed by atoms with Gasteiger partial charge in [-0.15, -0.1) is 0 Å². The van der Waals surface area contributed by atoms with Crippen LogP contribution in [0.4, 0.5) is 10.8 Å². The van der Waals surface area contributed by atoms with Crippen LogP contribution in [0.15, 0.2) is 101 Å². The summed E-state index contributed by atoms with van der Waals surface area (Å²) in [5, 5.41) is 32.2. The summed E-state index contributed by atoms with van der Waals surface area (Å²) in [6, 6.07) is 9.90. The second-order valence-corrected chi connectivity index (χ2v) is 33.4. The third-order valence-electron chi connectivity index (χ3n) is 24.1. The molecule has 126 heavy (non-hydrogen) atoms. The summed E-state index contributed by atoms with van der Waals surface area (Å²) in [6.45, 7) is 18.2. The van der Waals surface area contributed by atoms with Gasteiger partial charge in [-0.25, -0.2) is 24.2 Å². The highest BCUT2D eigenvalue weighted by Crippen LogP contribution is 2.39. The molecule has 5 aromatic rings. The Hall–Kier alpha value is -8.69. The van der Waals surface area contributed by atoms with Crippen LogP contribution in [0.1, 0.15) is 142 Å². The van der Waals surface area contributed by atoms with Crippen LogP contribution in [-0.4, -0.2) is 293 Å². The average molecular weight is 1760 g/mol. The van der Waals surface area contributed by atoms with Gasteiger partial charge in [-0.2, -0.15) is 10.1 Å². The number of hydrogen-bond donors (Lipinski definition) is 5. The maximum atomic E-state index is 14.7.